The molecule has 2 saturated heterocycles. The number of hydrogen-bond donors (Lipinski definition) is 1. The van der Waals surface area contributed by atoms with E-state index in [0.29, 0.717) is 55.6 Å². The number of amides is 1. The molecule has 1 amide bonds. The van der Waals surface area contributed by atoms with E-state index in [-0.39, 0.29) is 35.6 Å². The molecule has 0 bridgehead atoms. The summed E-state index contributed by atoms with van der Waals surface area (Å²) in [6.45, 7) is 6.41. The third kappa shape index (κ3) is 6.50. The number of carbonyl (C=O) groups is 2. The van der Waals surface area contributed by atoms with Crippen LogP contribution in [0.2, 0.25) is 10.0 Å². The van der Waals surface area contributed by atoms with Gasteiger partial charge in [-0.25, -0.2) is 8.42 Å². The topological polar surface area (TPSA) is 98.2 Å². The lowest BCUT2D eigenvalue weighted by Crippen LogP contribution is -2.59. The normalized spacial score (nSPS) is 26.8. The number of sulfonamides is 1. The zero-order valence-electron chi connectivity index (χ0n) is 24.1. The van der Waals surface area contributed by atoms with Crippen molar-refractivity contribution in [1.29, 1.82) is 0 Å². The number of carbonyl (C=O) groups excluding carboxylic acids is 1. The third-order valence-corrected chi connectivity index (χ3v) is 12.0. The van der Waals surface area contributed by atoms with Crippen LogP contribution in [-0.4, -0.2) is 83.5 Å². The van der Waals surface area contributed by atoms with E-state index in [1.165, 1.54) is 0 Å². The number of nitrogens with zero attached hydrogens (tertiary/aromatic N) is 3. The molecular weight excluding hydrogens is 597 g/mol. The molecule has 1 saturated carbocycles. The SMILES string of the molecule is CCC(CN1CCN(S(=O)(=O)C2CC2)CC1)N1C(=O)C(C)(CC(=O)O)CC(c2cccc(Cl)c2)C1c1ccc(Cl)cc1. The van der Waals surface area contributed by atoms with E-state index < -0.39 is 21.4 Å². The van der Waals surface area contributed by atoms with Gasteiger partial charge in [0.1, 0.15) is 0 Å². The van der Waals surface area contributed by atoms with Gasteiger partial charge >= 0.3 is 5.97 Å². The van der Waals surface area contributed by atoms with Crippen LogP contribution in [0, 0.1) is 5.41 Å². The van der Waals surface area contributed by atoms with Gasteiger partial charge in [0.05, 0.1) is 23.1 Å². The molecule has 11 heteroatoms. The molecular formula is C31H39Cl2N3O5S. The van der Waals surface area contributed by atoms with Crippen molar-refractivity contribution in [3.05, 3.63) is 69.7 Å². The highest BCUT2D eigenvalue weighted by molar-refractivity contribution is 7.90. The maximum atomic E-state index is 14.5. The Bertz CT molecular complexity index is 1410. The molecule has 42 heavy (non-hydrogen) atoms. The first kappa shape index (κ1) is 31.3. The Kier molecular flexibility index (Phi) is 9.26. The van der Waals surface area contributed by atoms with Crippen molar-refractivity contribution >= 4 is 45.1 Å². The van der Waals surface area contributed by atoms with Crippen LogP contribution in [0.5, 0.6) is 0 Å². The highest BCUT2D eigenvalue weighted by Gasteiger charge is 2.52. The lowest BCUT2D eigenvalue weighted by molar-refractivity contribution is -0.161. The molecule has 3 fully saturated rings. The number of hydrogen-bond acceptors (Lipinski definition) is 5. The number of carboxylic acids is 1. The number of likely N-dealkylation sites (tertiary alicyclic amines) is 1. The van der Waals surface area contributed by atoms with Crippen molar-refractivity contribution in [2.45, 2.75) is 69.2 Å². The molecule has 4 unspecified atom stereocenters. The lowest BCUT2D eigenvalue weighted by atomic mass is 9.67. The monoisotopic (exact) mass is 635 g/mol. The molecule has 0 aromatic heterocycles. The Hall–Kier alpha value is -2.17. The van der Waals surface area contributed by atoms with E-state index in [1.807, 2.05) is 60.4 Å². The van der Waals surface area contributed by atoms with Gasteiger partial charge in [-0.2, -0.15) is 4.31 Å². The first-order valence-corrected chi connectivity index (χ1v) is 17.0. The van der Waals surface area contributed by atoms with Gasteiger partial charge < -0.3 is 10.0 Å². The summed E-state index contributed by atoms with van der Waals surface area (Å²) in [6, 6.07) is 14.5. The number of aliphatic carboxylic acids is 1. The highest BCUT2D eigenvalue weighted by Crippen LogP contribution is 2.52. The summed E-state index contributed by atoms with van der Waals surface area (Å²) in [7, 11) is -3.23. The molecule has 1 aliphatic carbocycles. The number of piperidine rings is 1. The van der Waals surface area contributed by atoms with Crippen molar-refractivity contribution in [2.75, 3.05) is 32.7 Å². The summed E-state index contributed by atoms with van der Waals surface area (Å²) < 4.78 is 27.2. The van der Waals surface area contributed by atoms with Gasteiger partial charge in [0.15, 0.2) is 0 Å². The van der Waals surface area contributed by atoms with E-state index in [1.54, 1.807) is 11.2 Å². The van der Waals surface area contributed by atoms with Crippen molar-refractivity contribution < 1.29 is 23.1 Å². The van der Waals surface area contributed by atoms with Crippen molar-refractivity contribution in [1.82, 2.24) is 14.1 Å². The number of piperazine rings is 1. The third-order valence-electron chi connectivity index (χ3n) is 9.10. The Labute approximate surface area is 258 Å². The predicted octanol–water partition coefficient (Wildman–Crippen LogP) is 5.42. The largest absolute Gasteiger partial charge is 0.481 e. The zero-order valence-corrected chi connectivity index (χ0v) is 26.4. The van der Waals surface area contributed by atoms with E-state index in [0.717, 1.165) is 24.0 Å². The molecule has 2 heterocycles. The molecule has 2 aliphatic heterocycles. The van der Waals surface area contributed by atoms with Gasteiger partial charge in [-0.05, 0) is 61.1 Å². The van der Waals surface area contributed by atoms with Gasteiger partial charge in [0.25, 0.3) is 0 Å². The van der Waals surface area contributed by atoms with E-state index in [4.69, 9.17) is 23.2 Å². The van der Waals surface area contributed by atoms with Gasteiger partial charge in [-0.1, -0.05) is 61.3 Å². The average molecular weight is 637 g/mol. The minimum atomic E-state index is -3.23. The molecule has 4 atom stereocenters. The quantitative estimate of drug-likeness (QED) is 0.374. The fourth-order valence-corrected chi connectivity index (χ4v) is 8.89. The van der Waals surface area contributed by atoms with Crippen LogP contribution >= 0.6 is 23.2 Å². The number of carboxylic acid groups (broad SMARTS) is 1. The second-order valence-corrected chi connectivity index (χ2v) is 15.3. The summed E-state index contributed by atoms with van der Waals surface area (Å²) >= 11 is 12.7. The molecule has 0 spiro atoms. The predicted molar refractivity (Wildman–Crippen MR) is 164 cm³/mol. The minimum absolute atomic E-state index is 0.176. The van der Waals surface area contributed by atoms with Crippen molar-refractivity contribution in [3.8, 4) is 0 Å². The van der Waals surface area contributed by atoms with Crippen LogP contribution < -0.4 is 0 Å². The standard InChI is InChI=1S/C31H39Cl2N3O5S/c1-3-25(20-34-13-15-35(16-14-34)42(40,41)26-11-12-26)36-29(21-7-9-23(32)10-8-21)27(22-5-4-6-24(33)17-22)18-31(2,30(36)39)19-28(37)38/h4-10,17,25-27,29H,3,11-16,18-20H2,1-2H3,(H,37,38). The van der Waals surface area contributed by atoms with Gasteiger partial charge in [0, 0.05) is 54.7 Å². The fourth-order valence-electron chi connectivity index (χ4n) is 6.74. The second kappa shape index (κ2) is 12.4. The summed E-state index contributed by atoms with van der Waals surface area (Å²) in [4.78, 5) is 30.7. The van der Waals surface area contributed by atoms with E-state index >= 15 is 0 Å². The van der Waals surface area contributed by atoms with E-state index in [9.17, 15) is 23.1 Å². The number of benzene rings is 2. The molecule has 3 aliphatic rings. The van der Waals surface area contributed by atoms with Crippen molar-refractivity contribution in [3.63, 3.8) is 0 Å². The molecule has 2 aromatic rings. The summed E-state index contributed by atoms with van der Waals surface area (Å²) in [5.41, 5.74) is 0.755. The second-order valence-electron chi connectivity index (χ2n) is 12.2. The summed E-state index contributed by atoms with van der Waals surface area (Å²) in [6.07, 6.45) is 2.22. The molecule has 5 rings (SSSR count). The number of rotatable bonds is 10. The number of halogens is 2. The van der Waals surface area contributed by atoms with Crippen LogP contribution in [-0.2, 0) is 19.6 Å². The van der Waals surface area contributed by atoms with Gasteiger partial charge in [-0.3, -0.25) is 14.5 Å². The Morgan fingerprint density at radius 1 is 1.02 bits per heavy atom. The Morgan fingerprint density at radius 3 is 2.26 bits per heavy atom. The molecule has 1 N–H and O–H groups in total. The molecule has 228 valence electrons. The van der Waals surface area contributed by atoms with Gasteiger partial charge in [-0.15, -0.1) is 0 Å². The van der Waals surface area contributed by atoms with Crippen LogP contribution in [0.25, 0.3) is 0 Å². The Balaban J connectivity index is 1.50. The maximum absolute atomic E-state index is 14.5. The Morgan fingerprint density at radius 2 is 1.69 bits per heavy atom. The minimum Gasteiger partial charge on any atom is -0.481 e. The smallest absolute Gasteiger partial charge is 0.304 e. The molecule has 0 radical (unpaired) electrons. The van der Waals surface area contributed by atoms with Crippen LogP contribution in [0.15, 0.2) is 48.5 Å². The molecule has 8 nitrogen and oxygen atoms in total. The lowest BCUT2D eigenvalue weighted by Gasteiger charge is -2.52. The van der Waals surface area contributed by atoms with Gasteiger partial charge in [0.2, 0.25) is 15.9 Å². The first-order chi connectivity index (χ1) is 19.9. The van der Waals surface area contributed by atoms with Crippen LogP contribution in [0.3, 0.4) is 0 Å². The molecule has 2 aromatic carbocycles. The average Bonchev–Trinajstić information content (AvgIpc) is 3.80. The first-order valence-electron chi connectivity index (χ1n) is 14.7. The van der Waals surface area contributed by atoms with Crippen molar-refractivity contribution in [2.24, 2.45) is 5.41 Å². The fraction of sp³-hybridized carbons (Fsp3) is 0.548. The maximum Gasteiger partial charge on any atom is 0.304 e. The van der Waals surface area contributed by atoms with Crippen LogP contribution in [0.1, 0.15) is 69.0 Å². The van der Waals surface area contributed by atoms with E-state index in [2.05, 4.69) is 4.90 Å². The summed E-state index contributed by atoms with van der Waals surface area (Å²) in [5, 5.41) is 10.8. The van der Waals surface area contributed by atoms with Crippen LogP contribution in [0.4, 0.5) is 0 Å². The summed E-state index contributed by atoms with van der Waals surface area (Å²) in [5.74, 6) is -1.40. The highest BCUT2D eigenvalue weighted by atomic mass is 35.5. The zero-order chi connectivity index (χ0) is 30.2.